The number of fused-ring (bicyclic) bond motifs is 2. The molecule has 0 amide bonds. The van der Waals surface area contributed by atoms with E-state index in [1.54, 1.807) is 7.11 Å². The third-order valence-corrected chi connectivity index (χ3v) is 4.84. The summed E-state index contributed by atoms with van der Waals surface area (Å²) in [5.74, 6) is -0.0703. The molecule has 1 heterocycles. The maximum atomic E-state index is 12.0. The largest absolute Gasteiger partial charge is 0.497 e. The highest BCUT2D eigenvalue weighted by Crippen LogP contribution is 2.36. The lowest BCUT2D eigenvalue weighted by Gasteiger charge is -2.21. The molecule has 0 saturated heterocycles. The molecule has 0 aliphatic heterocycles. The van der Waals surface area contributed by atoms with E-state index >= 15 is 0 Å². The van der Waals surface area contributed by atoms with E-state index in [1.807, 2.05) is 48.5 Å². The average Bonchev–Trinajstić information content (AvgIpc) is 2.67. The van der Waals surface area contributed by atoms with Crippen LogP contribution in [-0.4, -0.2) is 23.2 Å². The second-order valence-corrected chi connectivity index (χ2v) is 6.43. The van der Waals surface area contributed by atoms with Crippen LogP contribution in [0.1, 0.15) is 40.0 Å². The van der Waals surface area contributed by atoms with Gasteiger partial charge in [-0.15, -0.1) is 0 Å². The van der Waals surface area contributed by atoms with Crippen molar-refractivity contribution in [3.63, 3.8) is 0 Å². The Morgan fingerprint density at radius 2 is 1.88 bits per heavy atom. The van der Waals surface area contributed by atoms with Crippen LogP contribution in [0.15, 0.2) is 48.5 Å². The van der Waals surface area contributed by atoms with Crippen LogP contribution in [0.4, 0.5) is 0 Å². The number of benzene rings is 2. The van der Waals surface area contributed by atoms with Crippen molar-refractivity contribution in [3.05, 3.63) is 70.9 Å². The molecule has 0 spiro atoms. The fourth-order valence-electron chi connectivity index (χ4n) is 3.62. The lowest BCUT2D eigenvalue weighted by Crippen LogP contribution is -2.13. The molecular weight excluding hydrogens is 326 g/mol. The van der Waals surface area contributed by atoms with E-state index < -0.39 is 5.97 Å². The van der Waals surface area contributed by atoms with Crippen LogP contribution in [-0.2, 0) is 6.42 Å². The number of aromatic nitrogens is 1. The molecule has 1 aliphatic carbocycles. The first-order valence-electron chi connectivity index (χ1n) is 8.67. The zero-order valence-electron chi connectivity index (χ0n) is 14.5. The molecule has 4 heteroatoms. The topological polar surface area (TPSA) is 59.4 Å². The normalized spacial score (nSPS) is 15.0. The fraction of sp³-hybridized carbons (Fsp3) is 0.182. The smallest absolute Gasteiger partial charge is 0.336 e. The van der Waals surface area contributed by atoms with Crippen LogP contribution < -0.4 is 4.74 Å². The summed E-state index contributed by atoms with van der Waals surface area (Å²) in [6, 6.07) is 15.3. The van der Waals surface area contributed by atoms with Gasteiger partial charge in [-0.25, -0.2) is 9.78 Å². The van der Waals surface area contributed by atoms with Gasteiger partial charge in [0.1, 0.15) is 5.75 Å². The molecule has 130 valence electrons. The maximum Gasteiger partial charge on any atom is 0.336 e. The average molecular weight is 345 g/mol. The molecule has 4 nitrogen and oxygen atoms in total. The molecule has 0 radical (unpaired) electrons. The zero-order chi connectivity index (χ0) is 18.1. The second kappa shape index (κ2) is 6.64. The van der Waals surface area contributed by atoms with Crippen molar-refractivity contribution >= 4 is 28.5 Å². The van der Waals surface area contributed by atoms with E-state index in [0.717, 1.165) is 52.9 Å². The maximum absolute atomic E-state index is 12.0. The molecule has 4 rings (SSSR count). The first-order valence-corrected chi connectivity index (χ1v) is 8.67. The zero-order valence-corrected chi connectivity index (χ0v) is 14.5. The highest BCUT2D eigenvalue weighted by atomic mass is 16.5. The standard InChI is InChI=1S/C22H19NO3/c1-26-16-11-9-14(10-12-16)13-15-5-4-7-18-20(22(24)25)17-6-2-3-8-19(17)23-21(15)18/h2-3,6,8-13H,4-5,7H2,1H3,(H,24,25)/b15-13-. The number of hydrogen-bond donors (Lipinski definition) is 1. The van der Waals surface area contributed by atoms with Crippen molar-refractivity contribution in [2.45, 2.75) is 19.3 Å². The molecule has 1 aliphatic rings. The second-order valence-electron chi connectivity index (χ2n) is 6.43. The third kappa shape index (κ3) is 2.84. The van der Waals surface area contributed by atoms with Gasteiger partial charge in [0.2, 0.25) is 0 Å². The van der Waals surface area contributed by atoms with Gasteiger partial charge in [-0.1, -0.05) is 30.3 Å². The van der Waals surface area contributed by atoms with Gasteiger partial charge in [-0.2, -0.15) is 0 Å². The summed E-state index contributed by atoms with van der Waals surface area (Å²) < 4.78 is 5.21. The van der Waals surface area contributed by atoms with Crippen LogP contribution in [0, 0.1) is 0 Å². The Kier molecular flexibility index (Phi) is 4.17. The van der Waals surface area contributed by atoms with Gasteiger partial charge in [-0.3, -0.25) is 0 Å². The predicted molar refractivity (Wildman–Crippen MR) is 103 cm³/mol. The quantitative estimate of drug-likeness (QED) is 0.739. The number of carbonyl (C=O) groups is 1. The number of pyridine rings is 1. The molecule has 0 bridgehead atoms. The van der Waals surface area contributed by atoms with Crippen LogP contribution >= 0.6 is 0 Å². The van der Waals surface area contributed by atoms with Crippen LogP contribution in [0.3, 0.4) is 0 Å². The molecule has 3 aromatic rings. The summed E-state index contributed by atoms with van der Waals surface area (Å²) in [5.41, 5.74) is 4.94. The van der Waals surface area contributed by atoms with Crippen molar-refractivity contribution in [1.29, 1.82) is 0 Å². The van der Waals surface area contributed by atoms with Crippen molar-refractivity contribution in [1.82, 2.24) is 4.98 Å². The summed E-state index contributed by atoms with van der Waals surface area (Å²) in [6.07, 6.45) is 4.66. The van der Waals surface area contributed by atoms with Gasteiger partial charge in [0.15, 0.2) is 0 Å². The number of aromatic carboxylic acids is 1. The van der Waals surface area contributed by atoms with Crippen molar-refractivity contribution < 1.29 is 14.6 Å². The van der Waals surface area contributed by atoms with Gasteiger partial charge in [0, 0.05) is 5.39 Å². The summed E-state index contributed by atoms with van der Waals surface area (Å²) in [6.45, 7) is 0. The SMILES string of the molecule is COc1ccc(/C=C2/CCCc3c2nc2ccccc2c3C(=O)O)cc1. The number of carboxylic acids is 1. The minimum absolute atomic E-state index is 0.394. The fourth-order valence-corrected chi connectivity index (χ4v) is 3.62. The molecule has 26 heavy (non-hydrogen) atoms. The number of hydrogen-bond acceptors (Lipinski definition) is 3. The molecule has 0 unspecified atom stereocenters. The van der Waals surface area contributed by atoms with E-state index in [1.165, 1.54) is 0 Å². The number of ether oxygens (including phenoxy) is 1. The van der Waals surface area contributed by atoms with E-state index in [4.69, 9.17) is 9.72 Å². The number of carboxylic acid groups (broad SMARTS) is 1. The van der Waals surface area contributed by atoms with E-state index in [2.05, 4.69) is 6.08 Å². The van der Waals surface area contributed by atoms with Crippen molar-refractivity contribution in [2.75, 3.05) is 7.11 Å². The van der Waals surface area contributed by atoms with E-state index in [9.17, 15) is 9.90 Å². The summed E-state index contributed by atoms with van der Waals surface area (Å²) in [5, 5.41) is 10.5. The monoisotopic (exact) mass is 345 g/mol. The Balaban J connectivity index is 1.90. The highest BCUT2D eigenvalue weighted by molar-refractivity contribution is 6.05. The Labute approximate surface area is 151 Å². The number of methoxy groups -OCH3 is 1. The van der Waals surface area contributed by atoms with E-state index in [-0.39, 0.29) is 0 Å². The third-order valence-electron chi connectivity index (χ3n) is 4.84. The first-order chi connectivity index (χ1) is 12.7. The molecule has 2 aromatic carbocycles. The van der Waals surface area contributed by atoms with Crippen LogP contribution in [0.25, 0.3) is 22.6 Å². The molecule has 1 aromatic heterocycles. The van der Waals surface area contributed by atoms with Gasteiger partial charge < -0.3 is 9.84 Å². The van der Waals surface area contributed by atoms with Gasteiger partial charge >= 0.3 is 5.97 Å². The first kappa shape index (κ1) is 16.3. The minimum Gasteiger partial charge on any atom is -0.497 e. The molecule has 0 atom stereocenters. The molecule has 0 saturated carbocycles. The highest BCUT2D eigenvalue weighted by Gasteiger charge is 2.24. The lowest BCUT2D eigenvalue weighted by atomic mass is 9.86. The Hall–Kier alpha value is -3.14. The number of nitrogens with zero attached hydrogens (tertiary/aromatic N) is 1. The molecule has 1 N–H and O–H groups in total. The molecule has 0 fully saturated rings. The van der Waals surface area contributed by atoms with Crippen LogP contribution in [0.2, 0.25) is 0 Å². The minimum atomic E-state index is -0.884. The predicted octanol–water partition coefficient (Wildman–Crippen LogP) is 4.82. The Morgan fingerprint density at radius 1 is 1.12 bits per heavy atom. The van der Waals surface area contributed by atoms with Gasteiger partial charge in [-0.05, 0) is 60.2 Å². The molecular formula is C22H19NO3. The Bertz CT molecular complexity index is 1020. The van der Waals surface area contributed by atoms with Crippen molar-refractivity contribution in [2.24, 2.45) is 0 Å². The number of rotatable bonds is 3. The van der Waals surface area contributed by atoms with Crippen molar-refractivity contribution in [3.8, 4) is 5.75 Å². The lowest BCUT2D eigenvalue weighted by molar-refractivity contribution is 0.0697. The summed E-state index contributed by atoms with van der Waals surface area (Å²) in [4.78, 5) is 16.8. The number of allylic oxidation sites excluding steroid dienone is 1. The summed E-state index contributed by atoms with van der Waals surface area (Å²) in [7, 11) is 1.65. The van der Waals surface area contributed by atoms with Gasteiger partial charge in [0.25, 0.3) is 0 Å². The number of para-hydroxylation sites is 1. The van der Waals surface area contributed by atoms with Crippen LogP contribution in [0.5, 0.6) is 5.75 Å². The van der Waals surface area contributed by atoms with E-state index in [0.29, 0.717) is 10.9 Å². The Morgan fingerprint density at radius 3 is 2.62 bits per heavy atom. The summed E-state index contributed by atoms with van der Waals surface area (Å²) >= 11 is 0. The van der Waals surface area contributed by atoms with Gasteiger partial charge in [0.05, 0.1) is 23.9 Å².